The lowest BCUT2D eigenvalue weighted by Crippen LogP contribution is -2.45. The molecule has 0 aromatic carbocycles. The molecule has 1 rings (SSSR count). The van der Waals surface area contributed by atoms with Gasteiger partial charge in [-0.05, 0) is 31.9 Å². The zero-order chi connectivity index (χ0) is 15.0. The second-order valence-corrected chi connectivity index (χ2v) is 4.31. The van der Waals surface area contributed by atoms with Gasteiger partial charge in [-0.1, -0.05) is 0 Å². The quantitative estimate of drug-likeness (QED) is 0.610. The Labute approximate surface area is 116 Å². The molecule has 1 aromatic heterocycles. The molecule has 0 fully saturated rings. The highest BCUT2D eigenvalue weighted by Crippen LogP contribution is 2.00. The van der Waals surface area contributed by atoms with Crippen molar-refractivity contribution >= 4 is 17.8 Å². The fourth-order valence-electron chi connectivity index (χ4n) is 1.51. The SMILES string of the molecule is CC(NC(=O)c1ccco1)C(=O)NCCCCC(=O)O. The van der Waals surface area contributed by atoms with E-state index in [1.165, 1.54) is 12.3 Å². The van der Waals surface area contributed by atoms with Crippen molar-refractivity contribution in [3.8, 4) is 0 Å². The van der Waals surface area contributed by atoms with Gasteiger partial charge in [0.05, 0.1) is 6.26 Å². The average molecular weight is 282 g/mol. The molecule has 1 aromatic rings. The highest BCUT2D eigenvalue weighted by Gasteiger charge is 2.17. The monoisotopic (exact) mass is 282 g/mol. The van der Waals surface area contributed by atoms with Crippen LogP contribution in [0, 0.1) is 0 Å². The van der Waals surface area contributed by atoms with Crippen molar-refractivity contribution in [3.05, 3.63) is 24.2 Å². The maximum atomic E-state index is 11.7. The maximum absolute atomic E-state index is 11.7. The summed E-state index contributed by atoms with van der Waals surface area (Å²) < 4.78 is 4.91. The first-order valence-electron chi connectivity index (χ1n) is 6.34. The van der Waals surface area contributed by atoms with Gasteiger partial charge in [0.2, 0.25) is 5.91 Å². The Morgan fingerprint density at radius 1 is 1.35 bits per heavy atom. The van der Waals surface area contributed by atoms with Crippen molar-refractivity contribution in [1.82, 2.24) is 10.6 Å². The van der Waals surface area contributed by atoms with E-state index >= 15 is 0 Å². The van der Waals surface area contributed by atoms with Gasteiger partial charge in [0.1, 0.15) is 6.04 Å². The molecule has 1 heterocycles. The van der Waals surface area contributed by atoms with Gasteiger partial charge in [-0.25, -0.2) is 0 Å². The van der Waals surface area contributed by atoms with Crippen LogP contribution in [0.25, 0.3) is 0 Å². The van der Waals surface area contributed by atoms with Gasteiger partial charge in [0.25, 0.3) is 5.91 Å². The molecular formula is C13H18N2O5. The van der Waals surface area contributed by atoms with Crippen molar-refractivity contribution in [1.29, 1.82) is 0 Å². The molecule has 7 nitrogen and oxygen atoms in total. The van der Waals surface area contributed by atoms with Crippen LogP contribution < -0.4 is 10.6 Å². The molecule has 0 saturated carbocycles. The van der Waals surface area contributed by atoms with E-state index < -0.39 is 17.9 Å². The number of aliphatic carboxylic acids is 1. The van der Waals surface area contributed by atoms with Crippen molar-refractivity contribution in [3.63, 3.8) is 0 Å². The lowest BCUT2D eigenvalue weighted by Gasteiger charge is -2.13. The van der Waals surface area contributed by atoms with E-state index in [0.29, 0.717) is 19.4 Å². The predicted octanol–water partition coefficient (Wildman–Crippen LogP) is 0.769. The van der Waals surface area contributed by atoms with Gasteiger partial charge in [-0.3, -0.25) is 14.4 Å². The van der Waals surface area contributed by atoms with Crippen LogP contribution >= 0.6 is 0 Å². The van der Waals surface area contributed by atoms with E-state index in [0.717, 1.165) is 0 Å². The minimum Gasteiger partial charge on any atom is -0.481 e. The lowest BCUT2D eigenvalue weighted by molar-refractivity contribution is -0.137. The topological polar surface area (TPSA) is 109 Å². The van der Waals surface area contributed by atoms with E-state index in [1.54, 1.807) is 13.0 Å². The number of carboxylic acids is 1. The third-order valence-electron chi connectivity index (χ3n) is 2.60. The Morgan fingerprint density at radius 3 is 2.70 bits per heavy atom. The molecule has 7 heteroatoms. The van der Waals surface area contributed by atoms with Crippen molar-refractivity contribution in [2.75, 3.05) is 6.54 Å². The minimum absolute atomic E-state index is 0.0840. The van der Waals surface area contributed by atoms with Crippen LogP contribution in [0.3, 0.4) is 0 Å². The van der Waals surface area contributed by atoms with Crippen molar-refractivity contribution < 1.29 is 23.9 Å². The number of furan rings is 1. The molecule has 0 aliphatic heterocycles. The highest BCUT2D eigenvalue weighted by atomic mass is 16.4. The van der Waals surface area contributed by atoms with E-state index in [1.807, 2.05) is 0 Å². The average Bonchev–Trinajstić information content (AvgIpc) is 2.91. The van der Waals surface area contributed by atoms with Gasteiger partial charge in [-0.15, -0.1) is 0 Å². The number of unbranched alkanes of at least 4 members (excludes halogenated alkanes) is 1. The third-order valence-corrected chi connectivity index (χ3v) is 2.60. The molecule has 0 spiro atoms. The summed E-state index contributed by atoms with van der Waals surface area (Å²) in [6.45, 7) is 1.94. The van der Waals surface area contributed by atoms with Gasteiger partial charge < -0.3 is 20.2 Å². The van der Waals surface area contributed by atoms with Crippen LogP contribution in [0.4, 0.5) is 0 Å². The van der Waals surface area contributed by atoms with Crippen LogP contribution in [0.1, 0.15) is 36.7 Å². The number of carbonyl (C=O) groups is 3. The fourth-order valence-corrected chi connectivity index (χ4v) is 1.51. The molecule has 110 valence electrons. The first-order chi connectivity index (χ1) is 9.50. The number of carbonyl (C=O) groups excluding carboxylic acids is 2. The molecule has 1 atom stereocenters. The summed E-state index contributed by atoms with van der Waals surface area (Å²) >= 11 is 0. The summed E-state index contributed by atoms with van der Waals surface area (Å²) in [5.74, 6) is -1.48. The molecule has 0 aliphatic rings. The molecule has 3 N–H and O–H groups in total. The van der Waals surface area contributed by atoms with Gasteiger partial charge >= 0.3 is 5.97 Å². The standard InChI is InChI=1S/C13H18N2O5/c1-9(15-13(19)10-5-4-8-20-10)12(18)14-7-3-2-6-11(16)17/h4-5,8-9H,2-3,6-7H2,1H3,(H,14,18)(H,15,19)(H,16,17). The van der Waals surface area contributed by atoms with Crippen LogP contribution in [-0.4, -0.2) is 35.5 Å². The first-order valence-corrected chi connectivity index (χ1v) is 6.34. The maximum Gasteiger partial charge on any atom is 0.303 e. The summed E-state index contributed by atoms with van der Waals surface area (Å²) in [4.78, 5) is 33.6. The second-order valence-electron chi connectivity index (χ2n) is 4.31. The summed E-state index contributed by atoms with van der Waals surface area (Å²) in [6.07, 6.45) is 2.54. The number of carboxylic acid groups (broad SMARTS) is 1. The minimum atomic E-state index is -0.851. The summed E-state index contributed by atoms with van der Waals surface area (Å²) in [5.41, 5.74) is 0. The molecule has 0 bridgehead atoms. The van der Waals surface area contributed by atoms with E-state index in [2.05, 4.69) is 10.6 Å². The predicted molar refractivity (Wildman–Crippen MR) is 70.1 cm³/mol. The smallest absolute Gasteiger partial charge is 0.303 e. The Bertz CT molecular complexity index is 455. The first kappa shape index (κ1) is 15.7. The highest BCUT2D eigenvalue weighted by molar-refractivity contribution is 5.95. The van der Waals surface area contributed by atoms with Crippen LogP contribution in [0.5, 0.6) is 0 Å². The Hall–Kier alpha value is -2.31. The molecule has 1 unspecified atom stereocenters. The molecular weight excluding hydrogens is 264 g/mol. The molecule has 20 heavy (non-hydrogen) atoms. The largest absolute Gasteiger partial charge is 0.481 e. The third kappa shape index (κ3) is 5.55. The number of hydrogen-bond acceptors (Lipinski definition) is 4. The number of amides is 2. The normalized spacial score (nSPS) is 11.7. The molecule has 0 radical (unpaired) electrons. The number of hydrogen-bond donors (Lipinski definition) is 3. The fraction of sp³-hybridized carbons (Fsp3) is 0.462. The summed E-state index contributed by atoms with van der Waals surface area (Å²) in [7, 11) is 0. The zero-order valence-corrected chi connectivity index (χ0v) is 11.2. The van der Waals surface area contributed by atoms with Crippen LogP contribution in [0.2, 0.25) is 0 Å². The van der Waals surface area contributed by atoms with Gasteiger partial charge in [0.15, 0.2) is 5.76 Å². The Kier molecular flexibility index (Phi) is 6.28. The van der Waals surface area contributed by atoms with Gasteiger partial charge in [0, 0.05) is 13.0 Å². The summed E-state index contributed by atoms with van der Waals surface area (Å²) in [5, 5.41) is 13.6. The zero-order valence-electron chi connectivity index (χ0n) is 11.2. The van der Waals surface area contributed by atoms with Crippen molar-refractivity contribution in [2.45, 2.75) is 32.2 Å². The summed E-state index contributed by atoms with van der Waals surface area (Å²) in [6, 6.07) is 2.40. The van der Waals surface area contributed by atoms with Crippen LogP contribution in [0.15, 0.2) is 22.8 Å². The Balaban J connectivity index is 2.22. The number of rotatable bonds is 8. The van der Waals surface area contributed by atoms with Gasteiger partial charge in [-0.2, -0.15) is 0 Å². The van der Waals surface area contributed by atoms with E-state index in [4.69, 9.17) is 9.52 Å². The van der Waals surface area contributed by atoms with E-state index in [9.17, 15) is 14.4 Å². The number of nitrogens with one attached hydrogen (secondary N) is 2. The van der Waals surface area contributed by atoms with Crippen LogP contribution in [-0.2, 0) is 9.59 Å². The van der Waals surface area contributed by atoms with E-state index in [-0.39, 0.29) is 18.1 Å². The molecule has 0 aliphatic carbocycles. The second kappa shape index (κ2) is 7.98. The molecule has 2 amide bonds. The lowest BCUT2D eigenvalue weighted by atomic mass is 10.2. The van der Waals surface area contributed by atoms with Crippen molar-refractivity contribution in [2.24, 2.45) is 0 Å². The molecule has 0 saturated heterocycles. The Morgan fingerprint density at radius 2 is 2.10 bits per heavy atom.